The van der Waals surface area contributed by atoms with E-state index in [1.165, 1.54) is 29.4 Å². The van der Waals surface area contributed by atoms with Gasteiger partial charge < -0.3 is 0 Å². The summed E-state index contributed by atoms with van der Waals surface area (Å²) in [5.41, 5.74) is 0. The number of halogens is 1. The van der Waals surface area contributed by atoms with Crippen molar-refractivity contribution in [2.75, 3.05) is 0 Å². The van der Waals surface area contributed by atoms with Gasteiger partial charge in [0.25, 0.3) is 0 Å². The van der Waals surface area contributed by atoms with Crippen molar-refractivity contribution in [2.24, 2.45) is 7.05 Å². The highest BCUT2D eigenvalue weighted by molar-refractivity contribution is 8.00. The molecular formula is C6H5ClN4S2. The van der Waals surface area contributed by atoms with Crippen molar-refractivity contribution >= 4 is 34.7 Å². The van der Waals surface area contributed by atoms with Gasteiger partial charge in [-0.15, -0.1) is 11.3 Å². The van der Waals surface area contributed by atoms with Gasteiger partial charge >= 0.3 is 0 Å². The molecule has 0 atom stereocenters. The van der Waals surface area contributed by atoms with Gasteiger partial charge in [-0.1, -0.05) is 11.6 Å². The normalized spacial score (nSPS) is 10.6. The smallest absolute Gasteiger partial charge is 0.192 e. The lowest BCUT2D eigenvalue weighted by molar-refractivity contribution is 0.685. The van der Waals surface area contributed by atoms with Gasteiger partial charge in [0, 0.05) is 12.4 Å². The predicted octanol–water partition coefficient (Wildman–Crippen LogP) is 2.08. The first kappa shape index (κ1) is 8.98. The van der Waals surface area contributed by atoms with Gasteiger partial charge in [0.2, 0.25) is 0 Å². The summed E-state index contributed by atoms with van der Waals surface area (Å²) in [6.07, 6.45) is 1.51. The molecule has 0 saturated heterocycles. The fraction of sp³-hybridized carbons (Fsp3) is 0.167. The maximum Gasteiger partial charge on any atom is 0.192 e. The van der Waals surface area contributed by atoms with E-state index in [0.29, 0.717) is 5.15 Å². The van der Waals surface area contributed by atoms with E-state index in [2.05, 4.69) is 15.1 Å². The molecule has 0 aliphatic rings. The van der Waals surface area contributed by atoms with Crippen LogP contribution in [0.1, 0.15) is 0 Å². The third-order valence-corrected chi connectivity index (χ3v) is 3.62. The van der Waals surface area contributed by atoms with E-state index in [9.17, 15) is 0 Å². The van der Waals surface area contributed by atoms with Crippen LogP contribution in [-0.2, 0) is 7.05 Å². The van der Waals surface area contributed by atoms with Crippen LogP contribution in [0.4, 0.5) is 0 Å². The summed E-state index contributed by atoms with van der Waals surface area (Å²) in [4.78, 5) is 8.15. The van der Waals surface area contributed by atoms with Crippen LogP contribution < -0.4 is 0 Å². The molecule has 0 aliphatic heterocycles. The second-order valence-corrected chi connectivity index (χ2v) is 4.66. The highest BCUT2D eigenvalue weighted by atomic mass is 35.5. The first-order valence-electron chi connectivity index (χ1n) is 3.38. The van der Waals surface area contributed by atoms with E-state index in [-0.39, 0.29) is 0 Å². The van der Waals surface area contributed by atoms with E-state index in [1.54, 1.807) is 10.1 Å². The van der Waals surface area contributed by atoms with Crippen molar-refractivity contribution in [1.29, 1.82) is 0 Å². The number of thiazole rings is 1. The maximum absolute atomic E-state index is 5.68. The third kappa shape index (κ3) is 2.01. The molecule has 0 radical (unpaired) electrons. The number of aryl methyl sites for hydroxylation is 1. The first-order chi connectivity index (χ1) is 6.25. The fourth-order valence-electron chi connectivity index (χ4n) is 0.742. The SMILES string of the molecule is Cn1ncnc1Sc1nc(Cl)cs1. The van der Waals surface area contributed by atoms with E-state index >= 15 is 0 Å². The van der Waals surface area contributed by atoms with Gasteiger partial charge in [0.1, 0.15) is 11.5 Å². The lowest BCUT2D eigenvalue weighted by atomic mass is 11.0. The number of hydrogen-bond acceptors (Lipinski definition) is 5. The predicted molar refractivity (Wildman–Crippen MR) is 52.3 cm³/mol. The average Bonchev–Trinajstić information content (AvgIpc) is 2.64. The highest BCUT2D eigenvalue weighted by Crippen LogP contribution is 2.29. The van der Waals surface area contributed by atoms with Gasteiger partial charge in [-0.2, -0.15) is 5.10 Å². The van der Waals surface area contributed by atoms with Gasteiger partial charge in [-0.05, 0) is 11.8 Å². The Labute approximate surface area is 88.0 Å². The van der Waals surface area contributed by atoms with Gasteiger partial charge in [-0.3, -0.25) is 0 Å². The van der Waals surface area contributed by atoms with Crippen molar-refractivity contribution in [1.82, 2.24) is 19.7 Å². The molecule has 0 fully saturated rings. The van der Waals surface area contributed by atoms with E-state index in [1.807, 2.05) is 7.05 Å². The summed E-state index contributed by atoms with van der Waals surface area (Å²) in [5.74, 6) is 0. The fourth-order valence-corrected chi connectivity index (χ4v) is 2.60. The van der Waals surface area contributed by atoms with Crippen LogP contribution in [-0.4, -0.2) is 19.7 Å². The lowest BCUT2D eigenvalue weighted by Gasteiger charge is -1.94. The summed E-state index contributed by atoms with van der Waals surface area (Å²) < 4.78 is 2.57. The van der Waals surface area contributed by atoms with Gasteiger partial charge in [0.15, 0.2) is 9.50 Å². The Morgan fingerprint density at radius 1 is 1.62 bits per heavy atom. The first-order valence-corrected chi connectivity index (χ1v) is 5.46. The average molecular weight is 233 g/mol. The summed E-state index contributed by atoms with van der Waals surface area (Å²) in [7, 11) is 1.84. The molecule has 0 saturated carbocycles. The molecule has 0 N–H and O–H groups in total. The summed E-state index contributed by atoms with van der Waals surface area (Å²) in [5, 5.41) is 7.07. The van der Waals surface area contributed by atoms with Crippen LogP contribution in [0.2, 0.25) is 5.15 Å². The van der Waals surface area contributed by atoms with Gasteiger partial charge in [0.05, 0.1) is 0 Å². The molecule has 4 nitrogen and oxygen atoms in total. The van der Waals surface area contributed by atoms with Crippen LogP contribution >= 0.6 is 34.7 Å². The molecule has 0 aromatic carbocycles. The Hall–Kier alpha value is -0.590. The van der Waals surface area contributed by atoms with Gasteiger partial charge in [-0.25, -0.2) is 14.6 Å². The topological polar surface area (TPSA) is 43.6 Å². The maximum atomic E-state index is 5.68. The van der Waals surface area contributed by atoms with Crippen molar-refractivity contribution in [2.45, 2.75) is 9.50 Å². The van der Waals surface area contributed by atoms with Crippen LogP contribution in [0, 0.1) is 0 Å². The Morgan fingerprint density at radius 2 is 2.46 bits per heavy atom. The van der Waals surface area contributed by atoms with E-state index in [0.717, 1.165) is 9.50 Å². The second kappa shape index (κ2) is 3.65. The zero-order chi connectivity index (χ0) is 9.26. The minimum Gasteiger partial charge on any atom is -0.244 e. The molecule has 2 aromatic heterocycles. The standard InChI is InChI=1S/C6H5ClN4S2/c1-11-5(8-3-9-11)13-6-10-4(7)2-12-6/h2-3H,1H3. The summed E-state index contributed by atoms with van der Waals surface area (Å²) in [6.45, 7) is 0. The minimum atomic E-state index is 0.523. The molecule has 2 rings (SSSR count). The van der Waals surface area contributed by atoms with Crippen molar-refractivity contribution in [3.63, 3.8) is 0 Å². The van der Waals surface area contributed by atoms with Crippen molar-refractivity contribution < 1.29 is 0 Å². The monoisotopic (exact) mass is 232 g/mol. The quantitative estimate of drug-likeness (QED) is 0.795. The Bertz CT molecular complexity index is 410. The number of nitrogens with zero attached hydrogens (tertiary/aromatic N) is 4. The summed E-state index contributed by atoms with van der Waals surface area (Å²) in [6, 6.07) is 0. The molecule has 13 heavy (non-hydrogen) atoms. The van der Waals surface area contributed by atoms with Crippen molar-refractivity contribution in [3.05, 3.63) is 16.9 Å². The summed E-state index contributed by atoms with van der Waals surface area (Å²) >= 11 is 8.63. The molecule has 2 heterocycles. The Morgan fingerprint density at radius 3 is 3.00 bits per heavy atom. The third-order valence-electron chi connectivity index (χ3n) is 1.30. The molecule has 0 spiro atoms. The zero-order valence-corrected chi connectivity index (χ0v) is 9.03. The zero-order valence-electron chi connectivity index (χ0n) is 6.64. The molecule has 0 unspecified atom stereocenters. The minimum absolute atomic E-state index is 0.523. The lowest BCUT2D eigenvalue weighted by Crippen LogP contribution is -1.91. The Kier molecular flexibility index (Phi) is 2.52. The largest absolute Gasteiger partial charge is 0.244 e. The van der Waals surface area contributed by atoms with Crippen LogP contribution in [0.25, 0.3) is 0 Å². The van der Waals surface area contributed by atoms with E-state index in [4.69, 9.17) is 11.6 Å². The number of rotatable bonds is 2. The Balaban J connectivity index is 2.19. The number of aromatic nitrogens is 4. The molecule has 7 heteroatoms. The van der Waals surface area contributed by atoms with E-state index < -0.39 is 0 Å². The van der Waals surface area contributed by atoms with Crippen LogP contribution in [0.15, 0.2) is 21.2 Å². The van der Waals surface area contributed by atoms with Crippen molar-refractivity contribution in [3.8, 4) is 0 Å². The molecule has 0 amide bonds. The molecule has 2 aromatic rings. The molecule has 0 bridgehead atoms. The van der Waals surface area contributed by atoms with Crippen LogP contribution in [0.5, 0.6) is 0 Å². The van der Waals surface area contributed by atoms with Crippen LogP contribution in [0.3, 0.4) is 0 Å². The highest BCUT2D eigenvalue weighted by Gasteiger charge is 2.06. The number of hydrogen-bond donors (Lipinski definition) is 0. The molecule has 68 valence electrons. The second-order valence-electron chi connectivity index (χ2n) is 2.20. The molecular weight excluding hydrogens is 228 g/mol. The molecule has 0 aliphatic carbocycles.